The third kappa shape index (κ3) is 5.28. The van der Waals surface area contributed by atoms with E-state index in [2.05, 4.69) is 9.46 Å². The number of ether oxygens (including phenoxy) is 1. The molecule has 1 unspecified atom stereocenters. The molecule has 0 spiro atoms. The quantitative estimate of drug-likeness (QED) is 0.480. The molecule has 0 heterocycles. The third-order valence-electron chi connectivity index (χ3n) is 2.73. The van der Waals surface area contributed by atoms with Crippen molar-refractivity contribution in [2.75, 3.05) is 12.9 Å². The molecule has 0 bridgehead atoms. The van der Waals surface area contributed by atoms with E-state index in [1.54, 1.807) is 0 Å². The largest absolute Gasteiger partial charge is 0.469 e. The van der Waals surface area contributed by atoms with Crippen LogP contribution in [0.5, 0.6) is 0 Å². The molecule has 1 saturated carbocycles. The summed E-state index contributed by atoms with van der Waals surface area (Å²) in [6.07, 6.45) is 2.18. The lowest BCUT2D eigenvalue weighted by Gasteiger charge is -2.16. The summed E-state index contributed by atoms with van der Waals surface area (Å²) in [6, 6.07) is -0.455. The lowest BCUT2D eigenvalue weighted by molar-refractivity contribution is -0.140. The molecule has 1 fully saturated rings. The number of hydrogen-bond donors (Lipinski definition) is 2. The predicted octanol–water partition coefficient (Wildman–Crippen LogP) is -0.0763. The number of carbonyl (C=O) groups excluding carboxylic acids is 1. The van der Waals surface area contributed by atoms with E-state index < -0.39 is 22.0 Å². The average Bonchev–Trinajstić information content (AvgIpc) is 3.09. The van der Waals surface area contributed by atoms with Gasteiger partial charge in [-0.1, -0.05) is 12.2 Å². The van der Waals surface area contributed by atoms with Crippen molar-refractivity contribution in [3.05, 3.63) is 0 Å². The fourth-order valence-electron chi connectivity index (χ4n) is 1.58. The monoisotopic (exact) mass is 294 g/mol. The van der Waals surface area contributed by atoms with Gasteiger partial charge in [0.15, 0.2) is 0 Å². The molecule has 104 valence electrons. The van der Waals surface area contributed by atoms with Gasteiger partial charge in [-0.25, -0.2) is 13.1 Å². The minimum absolute atomic E-state index is 0.0819. The van der Waals surface area contributed by atoms with E-state index in [9.17, 15) is 13.2 Å². The number of hydrogen-bond acceptors (Lipinski definition) is 5. The van der Waals surface area contributed by atoms with Crippen molar-refractivity contribution >= 4 is 33.2 Å². The van der Waals surface area contributed by atoms with Gasteiger partial charge in [0, 0.05) is 6.42 Å². The summed E-state index contributed by atoms with van der Waals surface area (Å²) in [5.41, 5.74) is 5.51. The van der Waals surface area contributed by atoms with E-state index in [1.165, 1.54) is 7.11 Å². The van der Waals surface area contributed by atoms with Gasteiger partial charge in [0.25, 0.3) is 0 Å². The lowest BCUT2D eigenvalue weighted by Crippen LogP contribution is -2.45. The van der Waals surface area contributed by atoms with Crippen LogP contribution in [0.15, 0.2) is 0 Å². The van der Waals surface area contributed by atoms with Gasteiger partial charge in [-0.2, -0.15) is 0 Å². The van der Waals surface area contributed by atoms with Crippen molar-refractivity contribution in [2.24, 2.45) is 11.7 Å². The number of rotatable bonds is 8. The Morgan fingerprint density at radius 2 is 2.17 bits per heavy atom. The van der Waals surface area contributed by atoms with Gasteiger partial charge in [-0.15, -0.1) is 0 Å². The van der Waals surface area contributed by atoms with Gasteiger partial charge < -0.3 is 10.5 Å². The van der Waals surface area contributed by atoms with E-state index in [-0.39, 0.29) is 29.5 Å². The van der Waals surface area contributed by atoms with Gasteiger partial charge in [0.05, 0.1) is 23.9 Å². The molecule has 1 atom stereocenters. The predicted molar refractivity (Wildman–Crippen MR) is 71.5 cm³/mol. The lowest BCUT2D eigenvalue weighted by atomic mass is 10.2. The van der Waals surface area contributed by atoms with Gasteiger partial charge in [0.2, 0.25) is 10.0 Å². The second kappa shape index (κ2) is 6.44. The summed E-state index contributed by atoms with van der Waals surface area (Å²) in [5, 5.41) is 0. The molecular weight excluding hydrogens is 276 g/mol. The molecule has 0 aliphatic heterocycles. The van der Waals surface area contributed by atoms with Crippen molar-refractivity contribution in [3.8, 4) is 0 Å². The van der Waals surface area contributed by atoms with Crippen LogP contribution in [0.25, 0.3) is 0 Å². The summed E-state index contributed by atoms with van der Waals surface area (Å²) in [6.45, 7) is 0. The maximum absolute atomic E-state index is 11.8. The van der Waals surface area contributed by atoms with Crippen LogP contribution in [-0.2, 0) is 19.6 Å². The second-order valence-electron chi connectivity index (χ2n) is 4.33. The number of carbonyl (C=O) groups is 1. The molecule has 0 aromatic rings. The van der Waals surface area contributed by atoms with Crippen LogP contribution in [0.3, 0.4) is 0 Å². The molecule has 3 N–H and O–H groups in total. The molecule has 0 aromatic heterocycles. The van der Waals surface area contributed by atoms with Crippen LogP contribution < -0.4 is 10.5 Å². The highest BCUT2D eigenvalue weighted by Crippen LogP contribution is 2.33. The summed E-state index contributed by atoms with van der Waals surface area (Å²) in [7, 11) is -2.19. The van der Waals surface area contributed by atoms with Crippen LogP contribution in [0.2, 0.25) is 0 Å². The van der Waals surface area contributed by atoms with Crippen molar-refractivity contribution < 1.29 is 17.9 Å². The fraction of sp³-hybridized carbons (Fsp3) is 0.800. The van der Waals surface area contributed by atoms with Gasteiger partial charge in [-0.05, 0) is 25.2 Å². The Bertz CT molecular complexity index is 418. The van der Waals surface area contributed by atoms with E-state index >= 15 is 0 Å². The highest BCUT2D eigenvalue weighted by molar-refractivity contribution is 7.89. The highest BCUT2D eigenvalue weighted by Gasteiger charge is 2.35. The van der Waals surface area contributed by atoms with Gasteiger partial charge in [0.1, 0.15) is 0 Å². The Morgan fingerprint density at radius 3 is 2.61 bits per heavy atom. The van der Waals surface area contributed by atoms with Crippen molar-refractivity contribution in [1.29, 1.82) is 0 Å². The first-order chi connectivity index (χ1) is 8.35. The van der Waals surface area contributed by atoms with E-state index in [0.717, 1.165) is 12.8 Å². The van der Waals surface area contributed by atoms with E-state index in [0.29, 0.717) is 0 Å². The van der Waals surface area contributed by atoms with Crippen molar-refractivity contribution in [1.82, 2.24) is 4.72 Å². The first-order valence-corrected chi connectivity index (χ1v) is 7.78. The molecule has 0 aromatic carbocycles. The number of methoxy groups -OCH3 is 1. The second-order valence-corrected chi connectivity index (χ2v) is 6.68. The van der Waals surface area contributed by atoms with Crippen LogP contribution in [0, 0.1) is 5.92 Å². The fourth-order valence-corrected chi connectivity index (χ4v) is 3.25. The standard InChI is InChI=1S/C10H18N2O4S2/c1-16-8(13)3-2-6-18(14,15)12-9(10(11)17)7-4-5-7/h7,9,12H,2-6H2,1H3,(H2,11,17). The van der Waals surface area contributed by atoms with Crippen LogP contribution >= 0.6 is 12.2 Å². The number of esters is 1. The van der Waals surface area contributed by atoms with E-state index in [4.69, 9.17) is 18.0 Å². The zero-order valence-electron chi connectivity index (χ0n) is 10.2. The number of sulfonamides is 1. The molecule has 1 aliphatic rings. The van der Waals surface area contributed by atoms with Crippen molar-refractivity contribution in [2.45, 2.75) is 31.7 Å². The number of nitrogens with two attached hydrogens (primary N) is 1. The average molecular weight is 294 g/mol. The molecule has 6 nitrogen and oxygen atoms in total. The van der Waals surface area contributed by atoms with Crippen LogP contribution in [0.1, 0.15) is 25.7 Å². The van der Waals surface area contributed by atoms with E-state index in [1.807, 2.05) is 0 Å². The minimum atomic E-state index is -3.46. The Balaban J connectivity index is 2.43. The summed E-state index contributed by atoms with van der Waals surface area (Å²) in [4.78, 5) is 11.0. The molecule has 8 heteroatoms. The zero-order valence-corrected chi connectivity index (χ0v) is 11.9. The molecule has 1 rings (SSSR count). The summed E-state index contributed by atoms with van der Waals surface area (Å²) in [5.74, 6) is -0.329. The Hall–Kier alpha value is -0.730. The van der Waals surface area contributed by atoms with Crippen molar-refractivity contribution in [3.63, 3.8) is 0 Å². The summed E-state index contributed by atoms with van der Waals surface area (Å²) < 4.78 is 30.5. The first-order valence-electron chi connectivity index (χ1n) is 5.72. The Kier molecular flexibility index (Phi) is 5.48. The zero-order chi connectivity index (χ0) is 13.8. The van der Waals surface area contributed by atoms with Gasteiger partial charge >= 0.3 is 5.97 Å². The SMILES string of the molecule is COC(=O)CCCS(=O)(=O)NC(C(N)=S)C1CC1. The molecule has 0 saturated heterocycles. The number of nitrogens with one attached hydrogen (secondary N) is 1. The molecule has 0 radical (unpaired) electrons. The number of thiocarbonyl (C=S) groups is 1. The van der Waals surface area contributed by atoms with Gasteiger partial charge in [-0.3, -0.25) is 4.79 Å². The third-order valence-corrected chi connectivity index (χ3v) is 4.42. The molecule has 0 amide bonds. The Morgan fingerprint density at radius 1 is 1.56 bits per heavy atom. The topological polar surface area (TPSA) is 98.5 Å². The minimum Gasteiger partial charge on any atom is -0.469 e. The normalized spacial score (nSPS) is 17.2. The maximum Gasteiger partial charge on any atom is 0.305 e. The first kappa shape index (κ1) is 15.3. The molecule has 18 heavy (non-hydrogen) atoms. The highest BCUT2D eigenvalue weighted by atomic mass is 32.2. The van der Waals surface area contributed by atoms with Crippen LogP contribution in [-0.4, -0.2) is 38.3 Å². The summed E-state index contributed by atoms with van der Waals surface area (Å²) >= 11 is 4.85. The smallest absolute Gasteiger partial charge is 0.305 e. The molecular formula is C10H18N2O4S2. The van der Waals surface area contributed by atoms with Crippen LogP contribution in [0.4, 0.5) is 0 Å². The maximum atomic E-state index is 11.8. The molecule has 1 aliphatic carbocycles. The Labute approximate surface area is 112 Å².